The lowest BCUT2D eigenvalue weighted by Gasteiger charge is -2.26. The summed E-state index contributed by atoms with van der Waals surface area (Å²) in [6, 6.07) is 4.95. The van der Waals surface area contributed by atoms with Crippen LogP contribution in [-0.2, 0) is 14.8 Å². The Bertz CT molecular complexity index is 1600. The summed E-state index contributed by atoms with van der Waals surface area (Å²) in [4.78, 5) is 13.3. The van der Waals surface area contributed by atoms with Crippen molar-refractivity contribution < 1.29 is 22.4 Å². The number of ether oxygens (including phenoxy) is 2. The molecule has 4 heterocycles. The van der Waals surface area contributed by atoms with Crippen LogP contribution in [0.15, 0.2) is 41.4 Å². The van der Waals surface area contributed by atoms with Crippen molar-refractivity contribution in [1.29, 1.82) is 0 Å². The molecule has 0 spiro atoms. The Balaban J connectivity index is 1.58. The van der Waals surface area contributed by atoms with Crippen LogP contribution in [0.1, 0.15) is 68.4 Å². The molecule has 5 rings (SSSR count). The van der Waals surface area contributed by atoms with Crippen LogP contribution in [-0.4, -0.2) is 61.8 Å². The van der Waals surface area contributed by atoms with Crippen LogP contribution < -0.4 is 9.46 Å². The molecule has 3 atom stereocenters. The van der Waals surface area contributed by atoms with Crippen LogP contribution >= 0.6 is 0 Å². The first-order chi connectivity index (χ1) is 19.6. The minimum absolute atomic E-state index is 0.0436. The SMILES string of the molecule is COc1cccc(-c2nnc(NS(=O)(=O)C(C)C(OC(C)C)c3ncc(C)cn3)n2[C@H](c2conc2C)C2CC2)n1. The number of nitrogens with zero attached hydrogens (tertiary/aromatic N) is 7. The highest BCUT2D eigenvalue weighted by Crippen LogP contribution is 2.47. The Kier molecular flexibility index (Phi) is 8.04. The van der Waals surface area contributed by atoms with Crippen molar-refractivity contribution in [2.45, 2.75) is 71.0 Å². The molecule has 0 bridgehead atoms. The molecule has 2 unspecified atom stereocenters. The number of sulfonamides is 1. The summed E-state index contributed by atoms with van der Waals surface area (Å²) >= 11 is 0. The number of aryl methyl sites for hydroxylation is 2. The van der Waals surface area contributed by atoms with E-state index in [-0.39, 0.29) is 29.8 Å². The van der Waals surface area contributed by atoms with Crippen LogP contribution in [0.5, 0.6) is 5.88 Å². The molecule has 1 fully saturated rings. The minimum Gasteiger partial charge on any atom is -0.481 e. The van der Waals surface area contributed by atoms with E-state index < -0.39 is 21.4 Å². The number of anilines is 1. The van der Waals surface area contributed by atoms with Gasteiger partial charge in [0, 0.05) is 24.0 Å². The molecule has 0 saturated heterocycles. The van der Waals surface area contributed by atoms with Gasteiger partial charge in [0.25, 0.3) is 0 Å². The van der Waals surface area contributed by atoms with Gasteiger partial charge < -0.3 is 14.0 Å². The van der Waals surface area contributed by atoms with Crippen molar-refractivity contribution in [1.82, 2.24) is 34.9 Å². The van der Waals surface area contributed by atoms with Crippen LogP contribution in [0.25, 0.3) is 11.5 Å². The third kappa shape index (κ3) is 6.07. The summed E-state index contributed by atoms with van der Waals surface area (Å²) in [5, 5.41) is 11.7. The second kappa shape index (κ2) is 11.5. The molecule has 4 aromatic heterocycles. The van der Waals surface area contributed by atoms with Crippen molar-refractivity contribution >= 4 is 16.0 Å². The number of methoxy groups -OCH3 is 1. The van der Waals surface area contributed by atoms with Gasteiger partial charge in [0.05, 0.1) is 24.9 Å². The summed E-state index contributed by atoms with van der Waals surface area (Å²) in [6.45, 7) is 8.94. The van der Waals surface area contributed by atoms with Crippen LogP contribution in [0, 0.1) is 19.8 Å². The van der Waals surface area contributed by atoms with Gasteiger partial charge in [-0.25, -0.2) is 23.4 Å². The fourth-order valence-corrected chi connectivity index (χ4v) is 5.75. The van der Waals surface area contributed by atoms with Gasteiger partial charge in [-0.2, -0.15) is 0 Å². The maximum atomic E-state index is 13.9. The smallest absolute Gasteiger partial charge is 0.240 e. The number of pyridine rings is 1. The molecule has 0 aliphatic heterocycles. The lowest BCUT2D eigenvalue weighted by Crippen LogP contribution is -2.35. The van der Waals surface area contributed by atoms with E-state index in [0.717, 1.165) is 24.0 Å². The summed E-state index contributed by atoms with van der Waals surface area (Å²) in [5.41, 5.74) is 2.85. The second-order valence-electron chi connectivity index (χ2n) is 10.5. The van der Waals surface area contributed by atoms with Gasteiger partial charge in [-0.05, 0) is 65.0 Å². The van der Waals surface area contributed by atoms with E-state index in [1.165, 1.54) is 7.11 Å². The van der Waals surface area contributed by atoms with Crippen LogP contribution in [0.4, 0.5) is 5.95 Å². The largest absolute Gasteiger partial charge is 0.481 e. The maximum Gasteiger partial charge on any atom is 0.240 e. The van der Waals surface area contributed by atoms with E-state index in [2.05, 4.69) is 35.0 Å². The molecular formula is C27H34N8O5S. The second-order valence-corrected chi connectivity index (χ2v) is 12.5. The highest BCUT2D eigenvalue weighted by molar-refractivity contribution is 7.93. The molecule has 14 heteroatoms. The number of aromatic nitrogens is 7. The van der Waals surface area contributed by atoms with Crippen LogP contribution in [0.3, 0.4) is 0 Å². The third-order valence-corrected chi connectivity index (χ3v) is 8.63. The molecule has 4 aromatic rings. The quantitative estimate of drug-likeness (QED) is 0.257. The van der Waals surface area contributed by atoms with Gasteiger partial charge in [0.1, 0.15) is 23.3 Å². The van der Waals surface area contributed by atoms with Gasteiger partial charge in [-0.1, -0.05) is 11.2 Å². The molecule has 13 nitrogen and oxygen atoms in total. The normalized spacial score (nSPS) is 16.0. The fourth-order valence-electron chi connectivity index (χ4n) is 4.66. The Morgan fingerprint density at radius 1 is 1.10 bits per heavy atom. The zero-order valence-corrected chi connectivity index (χ0v) is 24.7. The number of rotatable bonds is 12. The van der Waals surface area contributed by atoms with Crippen molar-refractivity contribution in [3.05, 3.63) is 59.5 Å². The maximum absolute atomic E-state index is 13.9. The molecule has 218 valence electrons. The predicted octanol–water partition coefficient (Wildman–Crippen LogP) is 4.04. The molecule has 41 heavy (non-hydrogen) atoms. The monoisotopic (exact) mass is 582 g/mol. The van der Waals surface area contributed by atoms with E-state index >= 15 is 0 Å². The minimum atomic E-state index is -4.10. The Hall–Kier alpha value is -3.91. The third-order valence-electron chi connectivity index (χ3n) is 6.93. The number of hydrogen-bond donors (Lipinski definition) is 1. The van der Waals surface area contributed by atoms with Gasteiger partial charge >= 0.3 is 0 Å². The van der Waals surface area contributed by atoms with Gasteiger partial charge in [0.15, 0.2) is 11.6 Å². The summed E-state index contributed by atoms with van der Waals surface area (Å²) in [6.07, 6.45) is 5.54. The highest BCUT2D eigenvalue weighted by Gasteiger charge is 2.41. The van der Waals surface area contributed by atoms with E-state index in [9.17, 15) is 8.42 Å². The number of hydrogen-bond acceptors (Lipinski definition) is 11. The van der Waals surface area contributed by atoms with E-state index in [0.29, 0.717) is 23.1 Å². The molecule has 0 radical (unpaired) electrons. The molecule has 1 saturated carbocycles. The molecule has 0 amide bonds. The lowest BCUT2D eigenvalue weighted by molar-refractivity contribution is 0.00152. The van der Waals surface area contributed by atoms with Crippen molar-refractivity contribution in [2.75, 3.05) is 11.8 Å². The predicted molar refractivity (Wildman–Crippen MR) is 150 cm³/mol. The zero-order valence-electron chi connectivity index (χ0n) is 23.8. The summed E-state index contributed by atoms with van der Waals surface area (Å²) < 4.78 is 49.0. The lowest BCUT2D eigenvalue weighted by atomic mass is 10.0. The van der Waals surface area contributed by atoms with Gasteiger partial charge in [-0.3, -0.25) is 9.29 Å². The summed E-state index contributed by atoms with van der Waals surface area (Å²) in [7, 11) is -2.57. The fraction of sp³-hybridized carbons (Fsp3) is 0.481. The van der Waals surface area contributed by atoms with E-state index in [4.69, 9.17) is 14.0 Å². The first-order valence-electron chi connectivity index (χ1n) is 13.4. The highest BCUT2D eigenvalue weighted by atomic mass is 32.2. The van der Waals surface area contributed by atoms with Crippen LogP contribution in [0.2, 0.25) is 0 Å². The molecule has 0 aromatic carbocycles. The van der Waals surface area contributed by atoms with Crippen molar-refractivity contribution in [2.24, 2.45) is 5.92 Å². The van der Waals surface area contributed by atoms with Crippen molar-refractivity contribution in [3.8, 4) is 17.4 Å². The van der Waals surface area contributed by atoms with E-state index in [1.54, 1.807) is 48.3 Å². The molecule has 1 N–H and O–H groups in total. The molecule has 1 aliphatic carbocycles. The first kappa shape index (κ1) is 28.6. The van der Waals surface area contributed by atoms with E-state index in [1.807, 2.05) is 27.7 Å². The summed E-state index contributed by atoms with van der Waals surface area (Å²) in [5.74, 6) is 1.29. The topological polar surface area (TPSA) is 160 Å². The number of nitrogens with one attached hydrogen (secondary N) is 1. The first-order valence-corrected chi connectivity index (χ1v) is 15.0. The average Bonchev–Trinajstić information content (AvgIpc) is 3.58. The van der Waals surface area contributed by atoms with Gasteiger partial charge in [-0.15, -0.1) is 10.2 Å². The zero-order chi connectivity index (χ0) is 29.3. The Labute approximate surface area is 238 Å². The Morgan fingerprint density at radius 3 is 2.44 bits per heavy atom. The molecule has 1 aliphatic rings. The van der Waals surface area contributed by atoms with Gasteiger partial charge in [0.2, 0.25) is 21.9 Å². The standard InChI is InChI=1S/C27H34N8O5S/c1-15(2)40-24(25-28-12-16(3)13-29-25)18(5)41(36,37)34-27-32-31-26(21-8-7-9-22(30-21)38-6)35(27)23(19-10-11-19)20-14-39-33-17(20)4/h7-9,12-15,18-19,23-24H,10-11H2,1-6H3,(H,32,34)/t18?,23-,24?/m0/s1. The average molecular weight is 583 g/mol. The Morgan fingerprint density at radius 2 is 1.83 bits per heavy atom. The van der Waals surface area contributed by atoms with Crippen molar-refractivity contribution in [3.63, 3.8) is 0 Å². The molecular weight excluding hydrogens is 548 g/mol.